The van der Waals surface area contributed by atoms with Gasteiger partial charge in [0.2, 0.25) is 6.41 Å². The molecule has 3 heterocycles. The second kappa shape index (κ2) is 13.1. The number of carbonyl (C=O) groups is 2. The van der Waals surface area contributed by atoms with Crippen LogP contribution in [0, 0.1) is 0 Å². The number of carbonyl (C=O) groups excluding carboxylic acids is 2. The number of aliphatic hydroxyl groups excluding tert-OH is 1. The summed E-state index contributed by atoms with van der Waals surface area (Å²) < 4.78 is 18.1. The van der Waals surface area contributed by atoms with Crippen molar-refractivity contribution in [3.05, 3.63) is 36.2 Å². The van der Waals surface area contributed by atoms with Crippen LogP contribution in [0.4, 0.5) is 4.79 Å². The van der Waals surface area contributed by atoms with Crippen molar-refractivity contribution in [2.45, 2.75) is 83.7 Å². The topological polar surface area (TPSA) is 131 Å². The Morgan fingerprint density at radius 2 is 2.08 bits per heavy atom. The molecule has 0 radical (unpaired) electrons. The van der Waals surface area contributed by atoms with Gasteiger partial charge in [0.25, 0.3) is 5.91 Å². The summed E-state index contributed by atoms with van der Waals surface area (Å²) in [5.41, 5.74) is 1.85. The smallest absolute Gasteiger partial charge is 0.406 e. The lowest BCUT2D eigenvalue weighted by molar-refractivity contribution is -0.255. The van der Waals surface area contributed by atoms with Gasteiger partial charge in [-0.2, -0.15) is 5.10 Å². The van der Waals surface area contributed by atoms with E-state index in [2.05, 4.69) is 15.0 Å². The zero-order chi connectivity index (χ0) is 28.9. The quantitative estimate of drug-likeness (QED) is 0.315. The number of aryl methyl sites for hydroxylation is 1. The van der Waals surface area contributed by atoms with Gasteiger partial charge in [0, 0.05) is 38.4 Å². The van der Waals surface area contributed by atoms with Crippen molar-refractivity contribution in [2.24, 2.45) is 0 Å². The summed E-state index contributed by atoms with van der Waals surface area (Å²) in [4.78, 5) is 33.4. The lowest BCUT2D eigenvalue weighted by Crippen LogP contribution is -2.55. The van der Waals surface area contributed by atoms with Gasteiger partial charge in [-0.15, -0.1) is 0 Å². The maximum absolute atomic E-state index is 13.9. The Morgan fingerprint density at radius 3 is 2.73 bits per heavy atom. The SMILES string of the molecule is COC(=O)NCCCn1nc([C@H](C)N(C(=O)[C@H]2CN(C(O)OC(C)(C)C)CCO2)C2CC2)cc1-c1ccccn1. The molecule has 2 N–H and O–H groups in total. The van der Waals surface area contributed by atoms with Gasteiger partial charge in [-0.25, -0.2) is 9.69 Å². The maximum atomic E-state index is 13.9. The van der Waals surface area contributed by atoms with E-state index in [4.69, 9.17) is 14.6 Å². The Morgan fingerprint density at radius 1 is 1.30 bits per heavy atom. The fourth-order valence-corrected chi connectivity index (χ4v) is 4.78. The summed E-state index contributed by atoms with van der Waals surface area (Å²) in [5.74, 6) is -0.112. The van der Waals surface area contributed by atoms with Crippen molar-refractivity contribution in [3.63, 3.8) is 0 Å². The molecule has 12 heteroatoms. The van der Waals surface area contributed by atoms with E-state index in [1.54, 1.807) is 11.1 Å². The third kappa shape index (κ3) is 7.78. The van der Waals surface area contributed by atoms with Crippen LogP contribution in [0.5, 0.6) is 0 Å². The summed E-state index contributed by atoms with van der Waals surface area (Å²) >= 11 is 0. The molecule has 0 bridgehead atoms. The number of hydrogen-bond acceptors (Lipinski definition) is 9. The number of aromatic nitrogens is 3. The van der Waals surface area contributed by atoms with E-state index in [-0.39, 0.29) is 24.5 Å². The highest BCUT2D eigenvalue weighted by atomic mass is 16.6. The van der Waals surface area contributed by atoms with Crippen LogP contribution < -0.4 is 5.32 Å². The molecule has 2 aliphatic rings. The van der Waals surface area contributed by atoms with Gasteiger partial charge in [-0.1, -0.05) is 6.07 Å². The van der Waals surface area contributed by atoms with Gasteiger partial charge >= 0.3 is 6.09 Å². The summed E-state index contributed by atoms with van der Waals surface area (Å²) in [6.45, 7) is 9.65. The number of rotatable bonds is 11. The molecule has 1 aliphatic heterocycles. The number of ether oxygens (including phenoxy) is 3. The highest BCUT2D eigenvalue weighted by molar-refractivity contribution is 5.82. The van der Waals surface area contributed by atoms with E-state index >= 15 is 0 Å². The van der Waals surface area contributed by atoms with E-state index in [0.717, 1.165) is 29.9 Å². The molecule has 12 nitrogen and oxygen atoms in total. The number of morpholine rings is 1. The van der Waals surface area contributed by atoms with Crippen molar-refractivity contribution in [1.82, 2.24) is 29.9 Å². The van der Waals surface area contributed by atoms with Crippen LogP contribution in [0.1, 0.15) is 58.7 Å². The molecular weight excluding hydrogens is 516 g/mol. The first-order chi connectivity index (χ1) is 19.1. The lowest BCUT2D eigenvalue weighted by atomic mass is 10.1. The van der Waals surface area contributed by atoms with Crippen molar-refractivity contribution < 1.29 is 28.9 Å². The van der Waals surface area contributed by atoms with Gasteiger partial charge in [-0.3, -0.25) is 14.5 Å². The Hall–Kier alpha value is -3.06. The molecule has 1 saturated carbocycles. The number of alkyl carbamates (subject to hydrolysis) is 1. The summed E-state index contributed by atoms with van der Waals surface area (Å²) in [5, 5.41) is 18.2. The molecule has 40 heavy (non-hydrogen) atoms. The van der Waals surface area contributed by atoms with Crippen LogP contribution in [0.3, 0.4) is 0 Å². The molecule has 1 aliphatic carbocycles. The van der Waals surface area contributed by atoms with Crippen molar-refractivity contribution in [1.29, 1.82) is 0 Å². The standard InChI is InChI=1S/C28H42N6O6/c1-19(22-17-23(21-9-6-7-12-29-21)33(31-22)14-8-13-30-26(36)38-5)34(20-10-11-20)25(35)24-18-32(15-16-39-24)27(37)40-28(2,3)4/h6-7,9,12,17,19-20,24,27,37H,8,10-11,13-16,18H2,1-5H3,(H,30,36)/t19-,24+,27?/m0/s1. The number of aliphatic hydroxyl groups is 1. The molecule has 1 unspecified atom stereocenters. The van der Waals surface area contributed by atoms with Crippen LogP contribution in [0.25, 0.3) is 11.4 Å². The average molecular weight is 559 g/mol. The minimum atomic E-state index is -1.11. The zero-order valence-electron chi connectivity index (χ0n) is 24.1. The predicted molar refractivity (Wildman–Crippen MR) is 147 cm³/mol. The second-order valence-corrected chi connectivity index (χ2v) is 11.2. The van der Waals surface area contributed by atoms with E-state index in [1.165, 1.54) is 7.11 Å². The third-order valence-corrected chi connectivity index (χ3v) is 6.91. The maximum Gasteiger partial charge on any atom is 0.406 e. The molecule has 220 valence electrons. The van der Waals surface area contributed by atoms with Gasteiger partial charge < -0.3 is 29.5 Å². The van der Waals surface area contributed by atoms with E-state index in [1.807, 2.05) is 61.5 Å². The molecule has 1 saturated heterocycles. The molecule has 2 fully saturated rings. The molecule has 3 atom stereocenters. The Bertz CT molecular complexity index is 1130. The van der Waals surface area contributed by atoms with E-state index in [9.17, 15) is 14.7 Å². The number of hydrogen-bond donors (Lipinski definition) is 2. The first-order valence-electron chi connectivity index (χ1n) is 13.9. The monoisotopic (exact) mass is 558 g/mol. The molecule has 2 aromatic rings. The molecule has 0 spiro atoms. The van der Waals surface area contributed by atoms with Crippen molar-refractivity contribution >= 4 is 12.0 Å². The van der Waals surface area contributed by atoms with Crippen LogP contribution in [0.15, 0.2) is 30.5 Å². The van der Waals surface area contributed by atoms with Crippen molar-refractivity contribution in [3.8, 4) is 11.4 Å². The molecular formula is C28H42N6O6. The average Bonchev–Trinajstić information content (AvgIpc) is 3.68. The summed E-state index contributed by atoms with van der Waals surface area (Å²) in [6.07, 6.45) is 1.93. The molecule has 4 rings (SSSR count). The highest BCUT2D eigenvalue weighted by Crippen LogP contribution is 2.36. The minimum absolute atomic E-state index is 0.112. The Balaban J connectivity index is 1.51. The lowest BCUT2D eigenvalue weighted by Gasteiger charge is -2.39. The number of amides is 2. The van der Waals surface area contributed by atoms with Crippen LogP contribution >= 0.6 is 0 Å². The number of nitrogens with zero attached hydrogens (tertiary/aromatic N) is 5. The van der Waals surface area contributed by atoms with Gasteiger partial charge in [0.1, 0.15) is 6.10 Å². The summed E-state index contributed by atoms with van der Waals surface area (Å²) in [6, 6.07) is 7.51. The normalized spacial score (nSPS) is 19.6. The predicted octanol–water partition coefficient (Wildman–Crippen LogP) is 2.54. The Kier molecular flexibility index (Phi) is 9.77. The van der Waals surface area contributed by atoms with Gasteiger partial charge in [0.15, 0.2) is 0 Å². The first kappa shape index (κ1) is 29.9. The van der Waals surface area contributed by atoms with Crippen LogP contribution in [0.2, 0.25) is 0 Å². The van der Waals surface area contributed by atoms with Crippen molar-refractivity contribution in [2.75, 3.05) is 33.4 Å². The van der Waals surface area contributed by atoms with E-state index < -0.39 is 24.2 Å². The van der Waals surface area contributed by atoms with E-state index in [0.29, 0.717) is 32.7 Å². The van der Waals surface area contributed by atoms with Crippen LogP contribution in [-0.2, 0) is 25.5 Å². The number of methoxy groups -OCH3 is 1. The van der Waals surface area contributed by atoms with Gasteiger partial charge in [0.05, 0.1) is 42.4 Å². The molecule has 2 amide bonds. The Labute approximate surface area is 235 Å². The second-order valence-electron chi connectivity index (χ2n) is 11.2. The fraction of sp³-hybridized carbons (Fsp3) is 0.643. The summed E-state index contributed by atoms with van der Waals surface area (Å²) in [7, 11) is 1.33. The van der Waals surface area contributed by atoms with Crippen LogP contribution in [-0.4, -0.2) is 99.2 Å². The largest absolute Gasteiger partial charge is 0.453 e. The zero-order valence-corrected chi connectivity index (χ0v) is 24.1. The third-order valence-electron chi connectivity index (χ3n) is 6.91. The molecule has 2 aromatic heterocycles. The highest BCUT2D eigenvalue weighted by Gasteiger charge is 2.42. The van der Waals surface area contributed by atoms with Gasteiger partial charge in [-0.05, 0) is 65.2 Å². The number of nitrogens with one attached hydrogen (secondary N) is 1. The minimum Gasteiger partial charge on any atom is -0.453 e. The molecule has 0 aromatic carbocycles. The number of pyridine rings is 1. The first-order valence-corrected chi connectivity index (χ1v) is 13.9. The fourth-order valence-electron chi connectivity index (χ4n) is 4.78.